The van der Waals surface area contributed by atoms with Crippen molar-refractivity contribution in [2.24, 2.45) is 23.2 Å². The van der Waals surface area contributed by atoms with E-state index in [1.165, 1.54) is 7.11 Å². The second kappa shape index (κ2) is 4.28. The van der Waals surface area contributed by atoms with Gasteiger partial charge in [0.25, 0.3) is 0 Å². The summed E-state index contributed by atoms with van der Waals surface area (Å²) in [5.41, 5.74) is 0.0254. The lowest BCUT2D eigenvalue weighted by Crippen LogP contribution is -2.44. The Morgan fingerprint density at radius 1 is 1.47 bits per heavy atom. The van der Waals surface area contributed by atoms with E-state index >= 15 is 0 Å². The van der Waals surface area contributed by atoms with E-state index < -0.39 is 0 Å². The van der Waals surface area contributed by atoms with Gasteiger partial charge >= 0.3 is 5.97 Å². The van der Waals surface area contributed by atoms with Gasteiger partial charge in [-0.15, -0.1) is 0 Å². The standard InChI is InChI=1S/C14H20O3/c1-14(2)6-4-5-9-7-10(13(16)17-3)8-11(15)12(9)14/h4-5,9-10,12H,6-8H2,1-3H3/t9-,10?,12+/m0/s1. The fraction of sp³-hybridized carbons (Fsp3) is 0.714. The van der Waals surface area contributed by atoms with Crippen molar-refractivity contribution in [3.05, 3.63) is 12.2 Å². The zero-order valence-corrected chi connectivity index (χ0v) is 10.7. The monoisotopic (exact) mass is 236 g/mol. The molecule has 0 bridgehead atoms. The van der Waals surface area contributed by atoms with E-state index in [1.54, 1.807) is 0 Å². The van der Waals surface area contributed by atoms with Gasteiger partial charge < -0.3 is 4.74 Å². The summed E-state index contributed by atoms with van der Waals surface area (Å²) in [5.74, 6) is 0.0318. The normalized spacial score (nSPS) is 35.2. The van der Waals surface area contributed by atoms with Crippen LogP contribution in [0.4, 0.5) is 0 Å². The van der Waals surface area contributed by atoms with Gasteiger partial charge in [-0.05, 0) is 24.2 Å². The summed E-state index contributed by atoms with van der Waals surface area (Å²) >= 11 is 0. The molecule has 94 valence electrons. The molecule has 0 aromatic heterocycles. The van der Waals surface area contributed by atoms with Crippen LogP contribution in [0, 0.1) is 23.2 Å². The molecule has 2 aliphatic rings. The average Bonchev–Trinajstić information content (AvgIpc) is 2.26. The number of ether oxygens (including phenoxy) is 1. The van der Waals surface area contributed by atoms with Gasteiger partial charge in [-0.3, -0.25) is 9.59 Å². The third kappa shape index (κ3) is 2.15. The number of carbonyl (C=O) groups excluding carboxylic acids is 2. The van der Waals surface area contributed by atoms with Crippen LogP contribution in [0.2, 0.25) is 0 Å². The van der Waals surface area contributed by atoms with Gasteiger partial charge in [0, 0.05) is 12.3 Å². The molecule has 0 spiro atoms. The highest BCUT2D eigenvalue weighted by molar-refractivity contribution is 5.88. The molecular formula is C14H20O3. The summed E-state index contributed by atoms with van der Waals surface area (Å²) in [6, 6.07) is 0. The highest BCUT2D eigenvalue weighted by atomic mass is 16.5. The number of allylic oxidation sites excluding steroid dienone is 2. The number of esters is 1. The quantitative estimate of drug-likeness (QED) is 0.518. The van der Waals surface area contributed by atoms with E-state index in [0.717, 1.165) is 12.8 Å². The third-order valence-corrected chi connectivity index (χ3v) is 4.18. The van der Waals surface area contributed by atoms with Crippen LogP contribution >= 0.6 is 0 Å². The Hall–Kier alpha value is -1.12. The Bertz CT molecular complexity index is 368. The molecule has 0 aromatic carbocycles. The first-order valence-electron chi connectivity index (χ1n) is 6.23. The predicted octanol–water partition coefficient (Wildman–Crippen LogP) is 2.36. The maximum Gasteiger partial charge on any atom is 0.309 e. The number of methoxy groups -OCH3 is 1. The lowest BCUT2D eigenvalue weighted by molar-refractivity contribution is -0.152. The van der Waals surface area contributed by atoms with Crippen LogP contribution in [0.25, 0.3) is 0 Å². The molecule has 0 aromatic rings. The van der Waals surface area contributed by atoms with E-state index in [-0.39, 0.29) is 34.9 Å². The first-order chi connectivity index (χ1) is 7.95. The molecule has 3 heteroatoms. The highest BCUT2D eigenvalue weighted by Crippen LogP contribution is 2.47. The van der Waals surface area contributed by atoms with Crippen LogP contribution in [-0.2, 0) is 14.3 Å². The second-order valence-corrected chi connectivity index (χ2v) is 5.89. The maximum atomic E-state index is 12.2. The third-order valence-electron chi connectivity index (χ3n) is 4.18. The number of ketones is 1. The fourth-order valence-electron chi connectivity index (χ4n) is 3.38. The molecule has 1 saturated carbocycles. The number of hydrogen-bond acceptors (Lipinski definition) is 3. The summed E-state index contributed by atoms with van der Waals surface area (Å²) in [5, 5.41) is 0. The van der Waals surface area contributed by atoms with Crippen molar-refractivity contribution in [1.29, 1.82) is 0 Å². The Kier molecular flexibility index (Phi) is 3.11. The molecule has 0 saturated heterocycles. The molecule has 2 aliphatic carbocycles. The molecule has 17 heavy (non-hydrogen) atoms. The molecule has 3 atom stereocenters. The summed E-state index contributed by atoms with van der Waals surface area (Å²) in [6.45, 7) is 4.29. The zero-order chi connectivity index (χ0) is 12.6. The second-order valence-electron chi connectivity index (χ2n) is 5.89. The van der Waals surface area contributed by atoms with Crippen molar-refractivity contribution >= 4 is 11.8 Å². The van der Waals surface area contributed by atoms with E-state index in [4.69, 9.17) is 4.74 Å². The predicted molar refractivity (Wildman–Crippen MR) is 64.3 cm³/mol. The number of fused-ring (bicyclic) bond motifs is 1. The first-order valence-corrected chi connectivity index (χ1v) is 6.23. The van der Waals surface area contributed by atoms with Crippen molar-refractivity contribution < 1.29 is 14.3 Å². The highest BCUT2D eigenvalue weighted by Gasteiger charge is 2.46. The Morgan fingerprint density at radius 3 is 2.82 bits per heavy atom. The average molecular weight is 236 g/mol. The van der Waals surface area contributed by atoms with Gasteiger partial charge in [0.05, 0.1) is 13.0 Å². The van der Waals surface area contributed by atoms with Crippen molar-refractivity contribution in [3.63, 3.8) is 0 Å². The molecule has 3 nitrogen and oxygen atoms in total. The molecule has 0 aliphatic heterocycles. The van der Waals surface area contributed by atoms with E-state index in [0.29, 0.717) is 6.42 Å². The molecule has 0 heterocycles. The first kappa shape index (κ1) is 12.3. The summed E-state index contributed by atoms with van der Waals surface area (Å²) in [6.07, 6.45) is 6.31. The van der Waals surface area contributed by atoms with Gasteiger partial charge in [0.2, 0.25) is 0 Å². The van der Waals surface area contributed by atoms with Crippen LogP contribution in [0.3, 0.4) is 0 Å². The molecule has 0 N–H and O–H groups in total. The van der Waals surface area contributed by atoms with Crippen molar-refractivity contribution in [2.45, 2.75) is 33.1 Å². The topological polar surface area (TPSA) is 43.4 Å². The lowest BCUT2D eigenvalue weighted by atomic mass is 9.59. The number of carbonyl (C=O) groups is 2. The summed E-state index contributed by atoms with van der Waals surface area (Å²) in [7, 11) is 1.39. The smallest absolute Gasteiger partial charge is 0.309 e. The molecule has 1 unspecified atom stereocenters. The molecule has 1 fully saturated rings. The van der Waals surface area contributed by atoms with Gasteiger partial charge in [0.1, 0.15) is 5.78 Å². The van der Waals surface area contributed by atoms with Crippen LogP contribution < -0.4 is 0 Å². The fourth-order valence-corrected chi connectivity index (χ4v) is 3.38. The van der Waals surface area contributed by atoms with Crippen molar-refractivity contribution in [3.8, 4) is 0 Å². The number of hydrogen-bond donors (Lipinski definition) is 0. The van der Waals surface area contributed by atoms with Crippen molar-refractivity contribution in [2.75, 3.05) is 7.11 Å². The largest absolute Gasteiger partial charge is 0.469 e. The molecule has 0 radical (unpaired) electrons. The van der Waals surface area contributed by atoms with Crippen LogP contribution in [0.5, 0.6) is 0 Å². The van der Waals surface area contributed by atoms with E-state index in [9.17, 15) is 9.59 Å². The summed E-state index contributed by atoms with van der Waals surface area (Å²) < 4.78 is 4.75. The number of Topliss-reactive ketones (excluding diaryl/α,β-unsaturated/α-hetero) is 1. The number of rotatable bonds is 1. The van der Waals surface area contributed by atoms with Crippen molar-refractivity contribution in [1.82, 2.24) is 0 Å². The zero-order valence-electron chi connectivity index (χ0n) is 10.7. The minimum absolute atomic E-state index is 0.0254. The van der Waals surface area contributed by atoms with Gasteiger partial charge in [-0.25, -0.2) is 0 Å². The van der Waals surface area contributed by atoms with Gasteiger partial charge in [0.15, 0.2) is 0 Å². The lowest BCUT2D eigenvalue weighted by Gasteiger charge is -2.44. The van der Waals surface area contributed by atoms with Gasteiger partial charge in [-0.2, -0.15) is 0 Å². The Labute approximate surface area is 102 Å². The minimum atomic E-state index is -0.243. The Balaban J connectivity index is 2.21. The molecule has 2 rings (SSSR count). The van der Waals surface area contributed by atoms with Crippen LogP contribution in [0.1, 0.15) is 33.1 Å². The van der Waals surface area contributed by atoms with Gasteiger partial charge in [-0.1, -0.05) is 26.0 Å². The molecule has 0 amide bonds. The minimum Gasteiger partial charge on any atom is -0.469 e. The summed E-state index contributed by atoms with van der Waals surface area (Å²) in [4.78, 5) is 23.8. The SMILES string of the molecule is COC(=O)C1CC(=O)[C@H]2[C@@H](C=CCC2(C)C)C1. The maximum absolute atomic E-state index is 12.2. The Morgan fingerprint density at radius 2 is 2.18 bits per heavy atom. The van der Waals surface area contributed by atoms with E-state index in [2.05, 4.69) is 26.0 Å². The van der Waals surface area contributed by atoms with Crippen LogP contribution in [0.15, 0.2) is 12.2 Å². The van der Waals surface area contributed by atoms with E-state index in [1.807, 2.05) is 0 Å². The van der Waals surface area contributed by atoms with Crippen LogP contribution in [-0.4, -0.2) is 18.9 Å². The molecular weight excluding hydrogens is 216 g/mol.